The summed E-state index contributed by atoms with van der Waals surface area (Å²) in [6.07, 6.45) is 4.34. The van der Waals surface area contributed by atoms with Crippen LogP contribution in [0.5, 0.6) is 23.1 Å². The lowest BCUT2D eigenvalue weighted by Crippen LogP contribution is -2.37. The number of para-hydroxylation sites is 1. The molecule has 0 aliphatic carbocycles. The molecular weight excluding hydrogens is 418 g/mol. The zero-order valence-electron chi connectivity index (χ0n) is 18.4. The van der Waals surface area contributed by atoms with Crippen LogP contribution in [0.1, 0.15) is 41.9 Å². The minimum Gasteiger partial charge on any atom is -0.457 e. The monoisotopic (exact) mass is 443 g/mol. The van der Waals surface area contributed by atoms with Gasteiger partial charge in [0.25, 0.3) is 0 Å². The van der Waals surface area contributed by atoms with Crippen molar-refractivity contribution in [2.24, 2.45) is 0 Å². The van der Waals surface area contributed by atoms with Crippen molar-refractivity contribution < 1.29 is 19.1 Å². The summed E-state index contributed by atoms with van der Waals surface area (Å²) in [6, 6.07) is 16.6. The maximum Gasteiger partial charge on any atom is 0.245 e. The molecule has 0 radical (unpaired) electrons. The Labute approximate surface area is 192 Å². The van der Waals surface area contributed by atoms with Crippen LogP contribution in [0.2, 0.25) is 0 Å². The SMILES string of the molecule is C=CC(=O)N1CCC(c2ncc(C(C)=O)c(Oc3ccc(Oc4ccccc4)cc3)n2)CC1. The summed E-state index contributed by atoms with van der Waals surface area (Å²) in [5.74, 6) is 2.64. The lowest BCUT2D eigenvalue weighted by molar-refractivity contribution is -0.127. The van der Waals surface area contributed by atoms with E-state index in [0.717, 1.165) is 18.6 Å². The van der Waals surface area contributed by atoms with E-state index in [1.165, 1.54) is 19.2 Å². The average Bonchev–Trinajstić information content (AvgIpc) is 2.85. The molecule has 0 unspecified atom stereocenters. The van der Waals surface area contributed by atoms with Crippen molar-refractivity contribution in [2.45, 2.75) is 25.7 Å². The maximum atomic E-state index is 12.1. The third-order valence-corrected chi connectivity index (χ3v) is 5.52. The summed E-state index contributed by atoms with van der Waals surface area (Å²) in [5.41, 5.74) is 0.322. The molecule has 1 saturated heterocycles. The molecule has 1 aromatic heterocycles. The molecule has 3 aromatic rings. The molecule has 7 nitrogen and oxygen atoms in total. The minimum absolute atomic E-state index is 0.0648. The molecule has 0 bridgehead atoms. The van der Waals surface area contributed by atoms with E-state index in [4.69, 9.17) is 9.47 Å². The van der Waals surface area contributed by atoms with Gasteiger partial charge in [-0.1, -0.05) is 24.8 Å². The van der Waals surface area contributed by atoms with Crippen LogP contribution in [0.4, 0.5) is 0 Å². The number of ketones is 1. The molecule has 1 aliphatic rings. The molecular formula is C26H25N3O4. The molecule has 0 atom stereocenters. The molecule has 1 amide bonds. The van der Waals surface area contributed by atoms with Crippen molar-refractivity contribution in [3.8, 4) is 23.1 Å². The van der Waals surface area contributed by atoms with Gasteiger partial charge in [0.05, 0.1) is 5.56 Å². The Bertz CT molecular complexity index is 1140. The molecule has 2 aromatic carbocycles. The van der Waals surface area contributed by atoms with E-state index < -0.39 is 0 Å². The summed E-state index contributed by atoms with van der Waals surface area (Å²) in [4.78, 5) is 34.7. The predicted octanol–water partition coefficient (Wildman–Crippen LogP) is 5.16. The standard InChI is InChI=1S/C26H25N3O4/c1-3-24(31)29-15-13-19(14-16-29)25-27-17-23(18(2)30)26(28-25)33-22-11-9-21(10-12-22)32-20-7-5-4-6-8-20/h3-12,17,19H,1,13-16H2,2H3. The fourth-order valence-corrected chi connectivity index (χ4v) is 3.69. The van der Waals surface area contributed by atoms with E-state index in [-0.39, 0.29) is 23.5 Å². The smallest absolute Gasteiger partial charge is 0.245 e. The third-order valence-electron chi connectivity index (χ3n) is 5.52. The van der Waals surface area contributed by atoms with Crippen LogP contribution in [-0.2, 0) is 4.79 Å². The van der Waals surface area contributed by atoms with Gasteiger partial charge in [-0.2, -0.15) is 4.98 Å². The lowest BCUT2D eigenvalue weighted by Gasteiger charge is -2.30. The molecule has 0 spiro atoms. The van der Waals surface area contributed by atoms with E-state index in [9.17, 15) is 9.59 Å². The summed E-state index contributed by atoms with van der Waals surface area (Å²) < 4.78 is 11.8. The average molecular weight is 444 g/mol. The predicted molar refractivity (Wildman–Crippen MR) is 124 cm³/mol. The normalized spacial score (nSPS) is 13.9. The van der Waals surface area contributed by atoms with Crippen molar-refractivity contribution in [3.63, 3.8) is 0 Å². The van der Waals surface area contributed by atoms with E-state index >= 15 is 0 Å². The van der Waals surface area contributed by atoms with Crippen molar-refractivity contribution in [1.29, 1.82) is 0 Å². The molecule has 1 fully saturated rings. The van der Waals surface area contributed by atoms with Gasteiger partial charge in [-0.3, -0.25) is 9.59 Å². The third kappa shape index (κ3) is 5.44. The van der Waals surface area contributed by atoms with Crippen molar-refractivity contribution in [1.82, 2.24) is 14.9 Å². The van der Waals surface area contributed by atoms with Crippen LogP contribution in [-0.4, -0.2) is 39.6 Å². The first kappa shape index (κ1) is 22.2. The number of aromatic nitrogens is 2. The summed E-state index contributed by atoms with van der Waals surface area (Å²) in [5, 5.41) is 0. The van der Waals surface area contributed by atoms with Crippen LogP contribution >= 0.6 is 0 Å². The number of Topliss-reactive ketones (excluding diaryl/α,β-unsaturated/α-hetero) is 1. The molecule has 33 heavy (non-hydrogen) atoms. The maximum absolute atomic E-state index is 12.1. The fourth-order valence-electron chi connectivity index (χ4n) is 3.69. The highest BCUT2D eigenvalue weighted by Crippen LogP contribution is 2.31. The van der Waals surface area contributed by atoms with Gasteiger partial charge < -0.3 is 14.4 Å². The lowest BCUT2D eigenvalue weighted by atomic mass is 9.95. The topological polar surface area (TPSA) is 81.6 Å². The summed E-state index contributed by atoms with van der Waals surface area (Å²) >= 11 is 0. The van der Waals surface area contributed by atoms with Gasteiger partial charge in [0, 0.05) is 25.2 Å². The number of benzene rings is 2. The number of nitrogens with zero attached hydrogens (tertiary/aromatic N) is 3. The first-order chi connectivity index (χ1) is 16.0. The number of likely N-dealkylation sites (tertiary alicyclic amines) is 1. The van der Waals surface area contributed by atoms with Gasteiger partial charge in [0.1, 0.15) is 23.1 Å². The number of rotatable bonds is 7. The van der Waals surface area contributed by atoms with Crippen LogP contribution < -0.4 is 9.47 Å². The molecule has 7 heteroatoms. The van der Waals surface area contributed by atoms with Gasteiger partial charge in [-0.15, -0.1) is 0 Å². The Balaban J connectivity index is 1.49. The molecule has 4 rings (SSSR count). The van der Waals surface area contributed by atoms with Gasteiger partial charge in [0.15, 0.2) is 5.78 Å². The van der Waals surface area contributed by atoms with E-state index in [2.05, 4.69) is 16.5 Å². The van der Waals surface area contributed by atoms with Gasteiger partial charge in [0.2, 0.25) is 11.8 Å². The number of ether oxygens (including phenoxy) is 2. The summed E-state index contributed by atoms with van der Waals surface area (Å²) in [6.45, 7) is 6.24. The Kier molecular flexibility index (Phi) is 6.78. The number of carbonyl (C=O) groups is 2. The van der Waals surface area contributed by atoms with Gasteiger partial charge in [-0.25, -0.2) is 4.98 Å². The van der Waals surface area contributed by atoms with Crippen molar-refractivity contribution >= 4 is 11.7 Å². The van der Waals surface area contributed by atoms with Crippen molar-refractivity contribution in [2.75, 3.05) is 13.1 Å². The summed E-state index contributed by atoms with van der Waals surface area (Å²) in [7, 11) is 0. The molecule has 0 saturated carbocycles. The van der Waals surface area contributed by atoms with Crippen LogP contribution in [0.3, 0.4) is 0 Å². The molecule has 0 N–H and O–H groups in total. The molecule has 2 heterocycles. The van der Waals surface area contributed by atoms with Gasteiger partial charge >= 0.3 is 0 Å². The first-order valence-corrected chi connectivity index (χ1v) is 10.8. The number of amides is 1. The van der Waals surface area contributed by atoms with Crippen LogP contribution in [0, 0.1) is 0 Å². The zero-order valence-corrected chi connectivity index (χ0v) is 18.4. The van der Waals surface area contributed by atoms with E-state index in [1.54, 1.807) is 29.2 Å². The van der Waals surface area contributed by atoms with Crippen molar-refractivity contribution in [3.05, 3.63) is 84.8 Å². The van der Waals surface area contributed by atoms with E-state index in [1.807, 2.05) is 30.3 Å². The Morgan fingerprint density at radius 2 is 1.58 bits per heavy atom. The zero-order chi connectivity index (χ0) is 23.2. The van der Waals surface area contributed by atoms with Crippen LogP contribution in [0.15, 0.2) is 73.4 Å². The first-order valence-electron chi connectivity index (χ1n) is 10.8. The highest BCUT2D eigenvalue weighted by molar-refractivity contribution is 5.96. The van der Waals surface area contributed by atoms with Crippen LogP contribution in [0.25, 0.3) is 0 Å². The highest BCUT2D eigenvalue weighted by Gasteiger charge is 2.26. The Morgan fingerprint density at radius 1 is 0.970 bits per heavy atom. The minimum atomic E-state index is -0.174. The Hall–Kier alpha value is -4.00. The quantitative estimate of drug-likeness (QED) is 0.371. The fraction of sp³-hybridized carbons (Fsp3) is 0.231. The molecule has 168 valence electrons. The number of carbonyl (C=O) groups excluding carboxylic acids is 2. The van der Waals surface area contributed by atoms with Gasteiger partial charge in [-0.05, 0) is 62.2 Å². The second kappa shape index (κ2) is 10.1. The number of piperidine rings is 1. The highest BCUT2D eigenvalue weighted by atomic mass is 16.5. The second-order valence-electron chi connectivity index (χ2n) is 7.80. The second-order valence-corrected chi connectivity index (χ2v) is 7.80. The number of hydrogen-bond acceptors (Lipinski definition) is 6. The molecule has 1 aliphatic heterocycles. The number of hydrogen-bond donors (Lipinski definition) is 0. The van der Waals surface area contributed by atoms with E-state index in [0.29, 0.717) is 36.0 Å². The Morgan fingerprint density at radius 3 is 2.18 bits per heavy atom. The largest absolute Gasteiger partial charge is 0.457 e.